The number of nitrogens with zero attached hydrogens (tertiary/aromatic N) is 2. The summed E-state index contributed by atoms with van der Waals surface area (Å²) in [5, 5.41) is 4.21. The molecule has 0 spiro atoms. The normalized spacial score (nSPS) is 11.0. The van der Waals surface area contributed by atoms with Crippen molar-refractivity contribution in [1.82, 2.24) is 9.55 Å². The van der Waals surface area contributed by atoms with Crippen LogP contribution in [-0.4, -0.2) is 21.2 Å². The number of ketones is 1. The Morgan fingerprint density at radius 3 is 2.45 bits per heavy atom. The van der Waals surface area contributed by atoms with Crippen LogP contribution in [-0.2, 0) is 11.3 Å². The van der Waals surface area contributed by atoms with E-state index >= 15 is 0 Å². The van der Waals surface area contributed by atoms with E-state index in [9.17, 15) is 9.59 Å². The Morgan fingerprint density at radius 2 is 1.74 bits per heavy atom. The van der Waals surface area contributed by atoms with E-state index in [-0.39, 0.29) is 15.9 Å². The average molecular weight is 473 g/mol. The second-order valence-corrected chi connectivity index (χ2v) is 8.23. The third-order valence-electron chi connectivity index (χ3n) is 4.83. The number of amides is 1. The number of halogens is 3. The number of pyridine rings is 1. The monoisotopic (exact) mass is 471 g/mol. The number of Topliss-reactive ketones (excluding diaryl/α,β-unsaturated/α-hetero) is 1. The zero-order valence-corrected chi connectivity index (χ0v) is 18.6. The number of hydrogen-bond donors (Lipinski definition) is 1. The first-order chi connectivity index (χ1) is 14.8. The molecule has 4 aromatic rings. The molecule has 0 fully saturated rings. The van der Waals surface area contributed by atoms with Crippen LogP contribution in [0.4, 0.5) is 5.69 Å². The van der Waals surface area contributed by atoms with Gasteiger partial charge in [0.15, 0.2) is 0 Å². The van der Waals surface area contributed by atoms with Crippen molar-refractivity contribution in [3.63, 3.8) is 0 Å². The second-order valence-electron chi connectivity index (χ2n) is 7.05. The van der Waals surface area contributed by atoms with E-state index in [1.807, 2.05) is 41.8 Å². The van der Waals surface area contributed by atoms with Gasteiger partial charge in [-0.1, -0.05) is 58.6 Å². The first-order valence-electron chi connectivity index (χ1n) is 9.33. The van der Waals surface area contributed by atoms with Crippen molar-refractivity contribution >= 4 is 63.1 Å². The summed E-state index contributed by atoms with van der Waals surface area (Å²) in [6.45, 7) is 2.33. The first kappa shape index (κ1) is 21.4. The quantitative estimate of drug-likeness (QED) is 0.214. The molecular weight excluding hydrogens is 457 g/mol. The van der Waals surface area contributed by atoms with Crippen LogP contribution in [0.3, 0.4) is 0 Å². The summed E-state index contributed by atoms with van der Waals surface area (Å²) in [6, 6.07) is 16.0. The summed E-state index contributed by atoms with van der Waals surface area (Å²) in [5.41, 5.74) is 3.19. The number of aromatic nitrogens is 2. The molecule has 0 atom stereocenters. The van der Waals surface area contributed by atoms with Gasteiger partial charge < -0.3 is 9.88 Å². The highest BCUT2D eigenvalue weighted by molar-refractivity contribution is 6.52. The number of aryl methyl sites for hydroxylation is 1. The minimum absolute atomic E-state index is 0.159. The molecule has 156 valence electrons. The molecule has 0 radical (unpaired) electrons. The molecule has 31 heavy (non-hydrogen) atoms. The number of carbonyl (C=O) groups is 2. The number of nitrogens with one attached hydrogen (secondary N) is 1. The van der Waals surface area contributed by atoms with Crippen molar-refractivity contribution in [1.29, 1.82) is 0 Å². The Balaban J connectivity index is 1.75. The van der Waals surface area contributed by atoms with Crippen LogP contribution in [0.1, 0.15) is 21.5 Å². The molecule has 0 aliphatic heterocycles. The van der Waals surface area contributed by atoms with Crippen molar-refractivity contribution in [2.24, 2.45) is 0 Å². The molecule has 1 N–H and O–H groups in total. The average Bonchev–Trinajstić information content (AvgIpc) is 2.99. The molecule has 0 saturated carbocycles. The SMILES string of the molecule is Cc1ccc2c(c1)c(C(=O)C(=O)Nc1ccnc(Cl)c1)c(Cl)n2Cc1ccc(Cl)cc1. The van der Waals surface area contributed by atoms with Crippen molar-refractivity contribution < 1.29 is 9.59 Å². The van der Waals surface area contributed by atoms with Crippen LogP contribution < -0.4 is 5.32 Å². The fourth-order valence-corrected chi connectivity index (χ4v) is 4.00. The lowest BCUT2D eigenvalue weighted by atomic mass is 10.1. The Kier molecular flexibility index (Phi) is 6.01. The number of rotatable bonds is 5. The van der Waals surface area contributed by atoms with Gasteiger partial charge in [0.2, 0.25) is 0 Å². The molecule has 2 aromatic carbocycles. The lowest BCUT2D eigenvalue weighted by molar-refractivity contribution is -0.112. The van der Waals surface area contributed by atoms with Gasteiger partial charge in [0.1, 0.15) is 10.3 Å². The van der Waals surface area contributed by atoms with Crippen LogP contribution in [0, 0.1) is 6.92 Å². The van der Waals surface area contributed by atoms with Gasteiger partial charge in [0.05, 0.1) is 11.1 Å². The fraction of sp³-hybridized carbons (Fsp3) is 0.0870. The van der Waals surface area contributed by atoms with E-state index in [1.165, 1.54) is 12.3 Å². The van der Waals surface area contributed by atoms with Crippen molar-refractivity contribution in [2.45, 2.75) is 13.5 Å². The molecule has 8 heteroatoms. The molecule has 2 aromatic heterocycles. The van der Waals surface area contributed by atoms with E-state index in [0.29, 0.717) is 22.6 Å². The van der Waals surface area contributed by atoms with Gasteiger partial charge in [-0.2, -0.15) is 0 Å². The van der Waals surface area contributed by atoms with Crippen LogP contribution >= 0.6 is 34.8 Å². The maximum absolute atomic E-state index is 13.1. The maximum atomic E-state index is 13.1. The highest BCUT2D eigenvalue weighted by Gasteiger charge is 2.26. The third-order valence-corrected chi connectivity index (χ3v) is 5.68. The van der Waals surface area contributed by atoms with Crippen molar-refractivity contribution in [3.8, 4) is 0 Å². The van der Waals surface area contributed by atoms with Crippen molar-refractivity contribution in [3.05, 3.63) is 92.8 Å². The smallest absolute Gasteiger partial charge is 0.296 e. The maximum Gasteiger partial charge on any atom is 0.296 e. The number of anilines is 1. The predicted octanol–water partition coefficient (Wildman–Crippen LogP) is 6.17. The zero-order chi connectivity index (χ0) is 22.1. The van der Waals surface area contributed by atoms with E-state index in [4.69, 9.17) is 34.8 Å². The molecule has 4 rings (SSSR count). The second kappa shape index (κ2) is 8.71. The van der Waals surface area contributed by atoms with Gasteiger partial charge in [-0.25, -0.2) is 4.98 Å². The largest absolute Gasteiger partial charge is 0.327 e. The van der Waals surface area contributed by atoms with Crippen molar-refractivity contribution in [2.75, 3.05) is 5.32 Å². The van der Waals surface area contributed by atoms with E-state index in [0.717, 1.165) is 16.6 Å². The zero-order valence-electron chi connectivity index (χ0n) is 16.3. The summed E-state index contributed by atoms with van der Waals surface area (Å²) >= 11 is 18.5. The number of hydrogen-bond acceptors (Lipinski definition) is 3. The molecular formula is C23H16Cl3N3O2. The molecule has 0 saturated heterocycles. The van der Waals surface area contributed by atoms with Gasteiger partial charge in [0.25, 0.3) is 11.7 Å². The summed E-state index contributed by atoms with van der Waals surface area (Å²) in [5.74, 6) is -1.54. The third kappa shape index (κ3) is 4.44. The predicted molar refractivity (Wildman–Crippen MR) is 124 cm³/mol. The highest BCUT2D eigenvalue weighted by atomic mass is 35.5. The van der Waals surface area contributed by atoms with Crippen LogP contribution in [0.2, 0.25) is 15.3 Å². The molecule has 0 aliphatic rings. The van der Waals surface area contributed by atoms with E-state index in [1.54, 1.807) is 18.2 Å². The Labute approximate surface area is 193 Å². The highest BCUT2D eigenvalue weighted by Crippen LogP contribution is 2.32. The Hall–Kier alpha value is -2.86. The van der Waals surface area contributed by atoms with Gasteiger partial charge in [-0.05, 0) is 48.9 Å². The number of benzene rings is 2. The van der Waals surface area contributed by atoms with Crippen LogP contribution in [0.5, 0.6) is 0 Å². The van der Waals surface area contributed by atoms with Crippen LogP contribution in [0.25, 0.3) is 10.9 Å². The molecule has 0 unspecified atom stereocenters. The number of carbonyl (C=O) groups excluding carboxylic acids is 2. The minimum atomic E-state index is -0.809. The summed E-state index contributed by atoms with van der Waals surface area (Å²) in [7, 11) is 0. The van der Waals surface area contributed by atoms with Crippen LogP contribution in [0.15, 0.2) is 60.8 Å². The first-order valence-corrected chi connectivity index (χ1v) is 10.5. The topological polar surface area (TPSA) is 64.0 Å². The fourth-order valence-electron chi connectivity index (χ4n) is 3.36. The van der Waals surface area contributed by atoms with E-state index in [2.05, 4.69) is 10.3 Å². The summed E-state index contributed by atoms with van der Waals surface area (Å²) in [6.07, 6.45) is 1.44. The molecule has 0 bridgehead atoms. The van der Waals surface area contributed by atoms with Gasteiger partial charge >= 0.3 is 0 Å². The molecule has 0 aliphatic carbocycles. The summed E-state index contributed by atoms with van der Waals surface area (Å²) < 4.78 is 1.81. The standard InChI is InChI=1S/C23H16Cl3N3O2/c1-13-2-7-18-17(10-13)20(21(30)23(31)28-16-8-9-27-19(25)11-16)22(26)29(18)12-14-3-5-15(24)6-4-14/h2-11H,12H2,1H3,(H,27,28,31). The minimum Gasteiger partial charge on any atom is -0.327 e. The Morgan fingerprint density at radius 1 is 1.00 bits per heavy atom. The van der Waals surface area contributed by atoms with Gasteiger partial charge in [-0.3, -0.25) is 9.59 Å². The molecule has 1 amide bonds. The molecule has 2 heterocycles. The summed E-state index contributed by atoms with van der Waals surface area (Å²) in [4.78, 5) is 29.7. The number of fused-ring (bicyclic) bond motifs is 1. The molecule has 5 nitrogen and oxygen atoms in total. The van der Waals surface area contributed by atoms with E-state index < -0.39 is 11.7 Å². The lowest BCUT2D eigenvalue weighted by Crippen LogP contribution is -2.23. The lowest BCUT2D eigenvalue weighted by Gasteiger charge is -2.08. The van der Waals surface area contributed by atoms with Gasteiger partial charge in [-0.15, -0.1) is 0 Å². The Bertz CT molecular complexity index is 1310. The van der Waals surface area contributed by atoms with Gasteiger partial charge in [0, 0.05) is 28.8 Å².